The smallest absolute Gasteiger partial charge is 0.0681 e. The Morgan fingerprint density at radius 1 is 0.236 bits per heavy atom. The fraction of sp³-hybridized carbons (Fsp3) is 0.0566. The zero-order valence-electron chi connectivity index (χ0n) is 62.5. The Hall–Kier alpha value is -13.5. The van der Waals surface area contributed by atoms with Crippen molar-refractivity contribution < 1.29 is 10.2 Å². The lowest BCUT2D eigenvalue weighted by atomic mass is 9.92. The predicted octanol–water partition coefficient (Wildman–Crippen LogP) is 27.2. The van der Waals surface area contributed by atoms with Gasteiger partial charge in [0.1, 0.15) is 0 Å². The van der Waals surface area contributed by atoms with Gasteiger partial charge in [0, 0.05) is 33.5 Å². The molecule has 0 saturated heterocycles. The SMILES string of the molecule is Cc1cc(CO)ccc1N(c1ccc(C=C(c2ccccc2)c2ccccc2)cc1)c1ccc(C=C(c2ccccc2)c2ccccc2)c2ccccc12.Cc1ccc(C(=Cc2ccc(N(c3ccc(C=C(c4ccccc4)c4ccccc4)cc3)c3ccc(CO)cc3C)c3ccccc23)c2ccc(C)cc2)cc1. The number of anilines is 6. The van der Waals surface area contributed by atoms with E-state index in [1.807, 2.05) is 12.1 Å². The van der Waals surface area contributed by atoms with Crippen molar-refractivity contribution in [3.05, 3.63) is 488 Å². The van der Waals surface area contributed by atoms with Crippen LogP contribution in [0.4, 0.5) is 34.1 Å². The van der Waals surface area contributed by atoms with Gasteiger partial charge in [-0.25, -0.2) is 0 Å². The molecule has 4 heteroatoms. The van der Waals surface area contributed by atoms with Gasteiger partial charge in [-0.2, -0.15) is 0 Å². The van der Waals surface area contributed by atoms with E-state index in [9.17, 15) is 10.2 Å². The topological polar surface area (TPSA) is 46.9 Å². The highest BCUT2D eigenvalue weighted by Gasteiger charge is 2.22. The third-order valence-electron chi connectivity index (χ3n) is 20.5. The summed E-state index contributed by atoms with van der Waals surface area (Å²) in [5.74, 6) is 0. The minimum atomic E-state index is 0.00156. The van der Waals surface area contributed by atoms with Gasteiger partial charge in [-0.3, -0.25) is 0 Å². The van der Waals surface area contributed by atoms with Gasteiger partial charge >= 0.3 is 0 Å². The van der Waals surface area contributed by atoms with Crippen LogP contribution >= 0.6 is 0 Å². The molecule has 4 nitrogen and oxygen atoms in total. The highest BCUT2D eigenvalue weighted by molar-refractivity contribution is 6.08. The third kappa shape index (κ3) is 16.4. The molecule has 2 N–H and O–H groups in total. The molecule has 0 spiro atoms. The third-order valence-corrected chi connectivity index (χ3v) is 20.5. The van der Waals surface area contributed by atoms with E-state index in [0.29, 0.717) is 0 Å². The van der Waals surface area contributed by atoms with Gasteiger partial charge in [0.2, 0.25) is 0 Å². The molecule has 0 radical (unpaired) electrons. The van der Waals surface area contributed by atoms with Crippen molar-refractivity contribution in [2.75, 3.05) is 9.80 Å². The summed E-state index contributed by atoms with van der Waals surface area (Å²) in [4.78, 5) is 4.71. The first-order chi connectivity index (χ1) is 54.1. The molecule has 0 saturated carbocycles. The number of benzene rings is 16. The van der Waals surface area contributed by atoms with E-state index in [0.717, 1.165) is 89.4 Å². The van der Waals surface area contributed by atoms with Crippen LogP contribution in [0.25, 0.3) is 68.1 Å². The summed E-state index contributed by atoms with van der Waals surface area (Å²) in [6, 6.07) is 138. The largest absolute Gasteiger partial charge is 0.392 e. The highest BCUT2D eigenvalue weighted by Crippen LogP contribution is 2.46. The summed E-state index contributed by atoms with van der Waals surface area (Å²) in [6.07, 6.45) is 9.20. The second kappa shape index (κ2) is 34.0. The summed E-state index contributed by atoms with van der Waals surface area (Å²) >= 11 is 0. The van der Waals surface area contributed by atoms with Crippen LogP contribution in [0.15, 0.2) is 388 Å². The number of fused-ring (bicyclic) bond motifs is 2. The Bertz CT molecular complexity index is 5780. The van der Waals surface area contributed by atoms with E-state index < -0.39 is 0 Å². The van der Waals surface area contributed by atoms with E-state index in [1.165, 1.54) is 88.7 Å². The molecular formula is C106H86N2O2. The maximum absolute atomic E-state index is 10.0. The Balaban J connectivity index is 0.000000175. The molecule has 0 aromatic heterocycles. The molecule has 16 aromatic carbocycles. The van der Waals surface area contributed by atoms with Gasteiger partial charge in [-0.1, -0.05) is 351 Å². The minimum Gasteiger partial charge on any atom is -0.392 e. The van der Waals surface area contributed by atoms with Gasteiger partial charge in [0.05, 0.1) is 24.6 Å². The van der Waals surface area contributed by atoms with Gasteiger partial charge in [0.15, 0.2) is 0 Å². The van der Waals surface area contributed by atoms with Crippen LogP contribution in [0.1, 0.15) is 100 Å². The first-order valence-electron chi connectivity index (χ1n) is 37.7. The molecule has 0 amide bonds. The molecule has 0 bridgehead atoms. The van der Waals surface area contributed by atoms with Gasteiger partial charge in [-0.05, 0) is 223 Å². The molecule has 0 aliphatic rings. The van der Waals surface area contributed by atoms with E-state index in [4.69, 9.17) is 0 Å². The van der Waals surface area contributed by atoms with Crippen molar-refractivity contribution in [2.45, 2.75) is 40.9 Å². The number of hydrogen-bond acceptors (Lipinski definition) is 4. The maximum Gasteiger partial charge on any atom is 0.0681 e. The van der Waals surface area contributed by atoms with Crippen molar-refractivity contribution in [3.8, 4) is 0 Å². The minimum absolute atomic E-state index is 0.00156. The molecular weight excluding hydrogens is 1330 g/mol. The highest BCUT2D eigenvalue weighted by atomic mass is 16.3. The van der Waals surface area contributed by atoms with Crippen LogP contribution in [-0.2, 0) is 13.2 Å². The average molecular weight is 1420 g/mol. The van der Waals surface area contributed by atoms with Crippen molar-refractivity contribution in [2.24, 2.45) is 0 Å². The number of rotatable bonds is 20. The first kappa shape index (κ1) is 72.1. The van der Waals surface area contributed by atoms with Crippen molar-refractivity contribution in [3.63, 3.8) is 0 Å². The quantitative estimate of drug-likeness (QED) is 0.0747. The summed E-state index contributed by atoms with van der Waals surface area (Å²) in [7, 11) is 0. The monoisotopic (exact) mass is 1420 g/mol. The Morgan fingerprint density at radius 2 is 0.491 bits per heavy atom. The summed E-state index contributed by atoms with van der Waals surface area (Å²) in [5.41, 5.74) is 31.5. The fourth-order valence-electron chi connectivity index (χ4n) is 14.8. The molecule has 0 atom stereocenters. The molecule has 16 aromatic rings. The molecule has 16 rings (SSSR count). The van der Waals surface area contributed by atoms with Gasteiger partial charge < -0.3 is 20.0 Å². The van der Waals surface area contributed by atoms with Crippen molar-refractivity contribution in [1.29, 1.82) is 0 Å². The Labute approximate surface area is 647 Å². The van der Waals surface area contributed by atoms with Crippen LogP contribution in [0, 0.1) is 27.7 Å². The lowest BCUT2D eigenvalue weighted by Gasteiger charge is -2.29. The van der Waals surface area contributed by atoms with Crippen LogP contribution < -0.4 is 9.80 Å². The van der Waals surface area contributed by atoms with Crippen molar-refractivity contribution in [1.82, 2.24) is 0 Å². The van der Waals surface area contributed by atoms with Crippen LogP contribution in [0.3, 0.4) is 0 Å². The number of aryl methyl sites for hydroxylation is 4. The zero-order valence-corrected chi connectivity index (χ0v) is 62.5. The lowest BCUT2D eigenvalue weighted by molar-refractivity contribution is 0.281. The van der Waals surface area contributed by atoms with Crippen LogP contribution in [0.2, 0.25) is 0 Å². The summed E-state index contributed by atoms with van der Waals surface area (Å²) in [5, 5.41) is 24.6. The van der Waals surface area contributed by atoms with Crippen LogP contribution in [-0.4, -0.2) is 10.2 Å². The molecule has 0 fully saturated rings. The zero-order chi connectivity index (χ0) is 75.1. The van der Waals surface area contributed by atoms with Gasteiger partial charge in [0.25, 0.3) is 0 Å². The number of aliphatic hydroxyl groups is 2. The van der Waals surface area contributed by atoms with Gasteiger partial charge in [-0.15, -0.1) is 0 Å². The number of aliphatic hydroxyl groups excluding tert-OH is 2. The first-order valence-corrected chi connectivity index (χ1v) is 37.7. The van der Waals surface area contributed by atoms with E-state index in [-0.39, 0.29) is 13.2 Å². The molecule has 110 heavy (non-hydrogen) atoms. The maximum atomic E-state index is 10.0. The Kier molecular flexibility index (Phi) is 22.3. The molecule has 532 valence electrons. The second-order valence-corrected chi connectivity index (χ2v) is 28.0. The summed E-state index contributed by atoms with van der Waals surface area (Å²) in [6.45, 7) is 8.51. The van der Waals surface area contributed by atoms with E-state index in [1.54, 1.807) is 0 Å². The number of nitrogens with zero attached hydrogens (tertiary/aromatic N) is 2. The summed E-state index contributed by atoms with van der Waals surface area (Å²) < 4.78 is 0. The van der Waals surface area contributed by atoms with E-state index in [2.05, 4.69) is 438 Å². The second-order valence-electron chi connectivity index (χ2n) is 28.0. The van der Waals surface area contributed by atoms with Crippen LogP contribution in [0.5, 0.6) is 0 Å². The standard InChI is InChI=1S/C54H45NO.C52H41NO/c1-38-18-25-45(26-19-38)52(46-27-20-39(2)21-28-46)36-47-29-33-54(50-17-11-10-16-49(47)50)55(53-32-24-42(37-56)34-40(53)3)48-30-22-41(23-31-48)35-51(43-12-6-4-7-13-43)44-14-8-5-9-15-44;1-38-34-40(37-54)28-32-51(38)53(46-30-26-39(27-31-46)35-49(41-16-6-2-7-17-41)42-18-8-3-9-19-42)52-33-29-45(47-24-14-15-25-48(47)52)36-50(43-20-10-4-11-21-43)44-22-12-5-13-23-44/h4-36,56H,37H2,1-3H3;2-36,54H,37H2,1H3. The van der Waals surface area contributed by atoms with Crippen molar-refractivity contribution >= 4 is 102 Å². The molecule has 0 aliphatic heterocycles. The molecule has 0 heterocycles. The Morgan fingerprint density at radius 3 is 0.773 bits per heavy atom. The predicted molar refractivity (Wildman–Crippen MR) is 467 cm³/mol. The molecule has 0 unspecified atom stereocenters. The molecule has 0 aliphatic carbocycles. The normalized spacial score (nSPS) is 10.9. The van der Waals surface area contributed by atoms with E-state index >= 15 is 0 Å². The average Bonchev–Trinajstić information content (AvgIpc) is 0.764. The lowest BCUT2D eigenvalue weighted by Crippen LogP contribution is -2.12. The fourth-order valence-corrected chi connectivity index (χ4v) is 14.8. The number of hydrogen-bond donors (Lipinski definition) is 2.